The lowest BCUT2D eigenvalue weighted by atomic mass is 9.73. The topological polar surface area (TPSA) is 56.8 Å². The van der Waals surface area contributed by atoms with Crippen molar-refractivity contribution in [2.45, 2.75) is 70.5 Å². The maximum atomic E-state index is 13.1. The van der Waals surface area contributed by atoms with E-state index in [1.165, 1.54) is 5.56 Å². The number of benzene rings is 1. The van der Waals surface area contributed by atoms with Crippen LogP contribution >= 0.6 is 0 Å². The van der Waals surface area contributed by atoms with Crippen LogP contribution in [0.1, 0.15) is 60.8 Å². The summed E-state index contributed by atoms with van der Waals surface area (Å²) in [5.74, 6) is 0.437. The van der Waals surface area contributed by atoms with E-state index in [4.69, 9.17) is 14.2 Å². The van der Waals surface area contributed by atoms with Crippen molar-refractivity contribution in [3.8, 4) is 0 Å². The molecule has 5 heteroatoms. The molecule has 1 N–H and O–H groups in total. The van der Waals surface area contributed by atoms with Crippen molar-refractivity contribution in [1.29, 1.82) is 0 Å². The average Bonchev–Trinajstić information content (AvgIpc) is 3.22. The molecule has 1 saturated carbocycles. The van der Waals surface area contributed by atoms with Crippen LogP contribution in [0.3, 0.4) is 0 Å². The van der Waals surface area contributed by atoms with Gasteiger partial charge >= 0.3 is 5.97 Å². The number of esters is 1. The highest BCUT2D eigenvalue weighted by Gasteiger charge is 2.55. The molecule has 28 heavy (non-hydrogen) atoms. The lowest BCUT2D eigenvalue weighted by Crippen LogP contribution is -2.44. The summed E-state index contributed by atoms with van der Waals surface area (Å²) in [5.41, 5.74) is 4.29. The van der Waals surface area contributed by atoms with E-state index in [2.05, 4.69) is 31.3 Å². The SMILES string of the molecule is CNCOC1=C(c2cc(C)c(C)cc2C)C(=O)OC12CCC1(CCCO1)CC2. The van der Waals surface area contributed by atoms with Gasteiger partial charge in [0.05, 0.1) is 5.60 Å². The summed E-state index contributed by atoms with van der Waals surface area (Å²) in [7, 11) is 1.84. The average molecular weight is 386 g/mol. The number of hydrogen-bond acceptors (Lipinski definition) is 5. The van der Waals surface area contributed by atoms with Gasteiger partial charge in [-0.05, 0) is 88.6 Å². The van der Waals surface area contributed by atoms with Crippen LogP contribution in [0.5, 0.6) is 0 Å². The number of carbonyl (C=O) groups excluding carboxylic acids is 1. The fourth-order valence-electron chi connectivity index (χ4n) is 4.99. The zero-order valence-electron chi connectivity index (χ0n) is 17.4. The van der Waals surface area contributed by atoms with Gasteiger partial charge in [-0.1, -0.05) is 12.1 Å². The summed E-state index contributed by atoms with van der Waals surface area (Å²) in [5, 5.41) is 3.04. The Morgan fingerprint density at radius 3 is 2.39 bits per heavy atom. The van der Waals surface area contributed by atoms with E-state index >= 15 is 0 Å². The Bertz CT molecular complexity index is 810. The van der Waals surface area contributed by atoms with Gasteiger partial charge in [-0.15, -0.1) is 0 Å². The highest BCUT2D eigenvalue weighted by Crippen LogP contribution is 2.52. The first kappa shape index (κ1) is 19.5. The molecule has 0 aromatic heterocycles. The summed E-state index contributed by atoms with van der Waals surface area (Å²) in [6.07, 6.45) is 5.56. The minimum atomic E-state index is -0.661. The Labute approximate surface area is 167 Å². The van der Waals surface area contributed by atoms with Crippen molar-refractivity contribution in [1.82, 2.24) is 5.32 Å². The summed E-state index contributed by atoms with van der Waals surface area (Å²) in [6, 6.07) is 4.22. The van der Waals surface area contributed by atoms with Crippen molar-refractivity contribution in [3.05, 3.63) is 40.1 Å². The monoisotopic (exact) mass is 385 g/mol. The van der Waals surface area contributed by atoms with Crippen LogP contribution in [0, 0.1) is 20.8 Å². The molecule has 152 valence electrons. The van der Waals surface area contributed by atoms with Gasteiger partial charge in [0.1, 0.15) is 12.3 Å². The molecule has 0 radical (unpaired) electrons. The highest BCUT2D eigenvalue weighted by molar-refractivity contribution is 6.20. The normalized spacial score (nSPS) is 29.8. The standard InChI is InChI=1S/C23H31NO4/c1-15-12-17(3)18(13-16(15)2)19-20(26-14-24-4)23(28-21(19)25)9-7-22(8-10-23)6-5-11-27-22/h12-13,24H,5-11,14H2,1-4H3. The predicted octanol–water partition coefficient (Wildman–Crippen LogP) is 3.94. The summed E-state index contributed by atoms with van der Waals surface area (Å²) in [6.45, 7) is 7.41. The Hall–Kier alpha value is -1.85. The molecule has 1 aliphatic carbocycles. The van der Waals surface area contributed by atoms with Gasteiger partial charge in [-0.3, -0.25) is 5.32 Å². The third-order valence-corrected chi connectivity index (χ3v) is 6.76. The van der Waals surface area contributed by atoms with E-state index in [-0.39, 0.29) is 11.6 Å². The fourth-order valence-corrected chi connectivity index (χ4v) is 4.99. The van der Waals surface area contributed by atoms with Gasteiger partial charge in [0.25, 0.3) is 0 Å². The maximum Gasteiger partial charge on any atom is 0.343 e. The van der Waals surface area contributed by atoms with E-state index in [1.807, 2.05) is 14.0 Å². The number of ether oxygens (including phenoxy) is 3. The molecular formula is C23H31NO4. The third kappa shape index (κ3) is 3.15. The Balaban J connectivity index is 1.75. The van der Waals surface area contributed by atoms with Gasteiger partial charge in [-0.25, -0.2) is 4.79 Å². The Kier molecular flexibility index (Phi) is 5.00. The molecule has 1 aromatic carbocycles. The van der Waals surface area contributed by atoms with Gasteiger partial charge in [0.15, 0.2) is 11.4 Å². The molecule has 0 unspecified atom stereocenters. The van der Waals surface area contributed by atoms with Crippen LogP contribution in [0.4, 0.5) is 0 Å². The first-order valence-electron chi connectivity index (χ1n) is 10.4. The molecule has 0 bridgehead atoms. The van der Waals surface area contributed by atoms with Crippen molar-refractivity contribution in [3.63, 3.8) is 0 Å². The molecule has 0 atom stereocenters. The third-order valence-electron chi connectivity index (χ3n) is 6.76. The molecule has 0 amide bonds. The molecule has 4 rings (SSSR count). The van der Waals surface area contributed by atoms with Gasteiger partial charge in [0.2, 0.25) is 0 Å². The highest BCUT2D eigenvalue weighted by atomic mass is 16.6. The molecule has 1 saturated heterocycles. The van der Waals surface area contributed by atoms with Crippen molar-refractivity contribution in [2.75, 3.05) is 20.4 Å². The largest absolute Gasteiger partial charge is 0.478 e. The Morgan fingerprint density at radius 1 is 1.04 bits per heavy atom. The second-order valence-electron chi connectivity index (χ2n) is 8.62. The zero-order valence-corrected chi connectivity index (χ0v) is 17.4. The molecule has 3 aliphatic rings. The summed E-state index contributed by atoms with van der Waals surface area (Å²) >= 11 is 0. The molecule has 2 aliphatic heterocycles. The maximum absolute atomic E-state index is 13.1. The molecule has 1 aromatic rings. The van der Waals surface area contributed by atoms with Crippen LogP contribution in [0.15, 0.2) is 17.9 Å². The van der Waals surface area contributed by atoms with E-state index in [1.54, 1.807) is 0 Å². The van der Waals surface area contributed by atoms with Gasteiger partial charge in [0, 0.05) is 6.61 Å². The second kappa shape index (κ2) is 7.20. The molecule has 2 spiro atoms. The van der Waals surface area contributed by atoms with Crippen LogP contribution in [-0.4, -0.2) is 37.6 Å². The molecule has 2 heterocycles. The first-order valence-corrected chi connectivity index (χ1v) is 10.4. The minimum absolute atomic E-state index is 0.0229. The molecular weight excluding hydrogens is 354 g/mol. The summed E-state index contributed by atoms with van der Waals surface area (Å²) in [4.78, 5) is 13.1. The van der Waals surface area contributed by atoms with Gasteiger partial charge in [-0.2, -0.15) is 0 Å². The van der Waals surface area contributed by atoms with E-state index in [0.717, 1.165) is 61.8 Å². The van der Waals surface area contributed by atoms with Crippen LogP contribution in [0.25, 0.3) is 5.57 Å². The van der Waals surface area contributed by atoms with E-state index < -0.39 is 5.60 Å². The number of nitrogens with one attached hydrogen (secondary N) is 1. The number of aryl methyl sites for hydroxylation is 3. The summed E-state index contributed by atoms with van der Waals surface area (Å²) < 4.78 is 18.3. The quantitative estimate of drug-likeness (QED) is 0.629. The van der Waals surface area contributed by atoms with Crippen LogP contribution < -0.4 is 5.32 Å². The number of carbonyl (C=O) groups is 1. The van der Waals surface area contributed by atoms with E-state index in [0.29, 0.717) is 18.1 Å². The second-order valence-corrected chi connectivity index (χ2v) is 8.62. The van der Waals surface area contributed by atoms with Crippen molar-refractivity contribution < 1.29 is 19.0 Å². The van der Waals surface area contributed by atoms with Gasteiger partial charge < -0.3 is 14.2 Å². The smallest absolute Gasteiger partial charge is 0.343 e. The fraction of sp³-hybridized carbons (Fsp3) is 0.609. The van der Waals surface area contributed by atoms with Crippen molar-refractivity contribution >= 4 is 11.5 Å². The number of hydrogen-bond donors (Lipinski definition) is 1. The molecule has 2 fully saturated rings. The number of rotatable bonds is 4. The minimum Gasteiger partial charge on any atom is -0.478 e. The zero-order chi connectivity index (χ0) is 19.9. The van der Waals surface area contributed by atoms with E-state index in [9.17, 15) is 4.79 Å². The van der Waals surface area contributed by atoms with Crippen LogP contribution in [-0.2, 0) is 19.0 Å². The van der Waals surface area contributed by atoms with Crippen LogP contribution in [0.2, 0.25) is 0 Å². The lowest BCUT2D eigenvalue weighted by Gasteiger charge is -2.42. The first-order chi connectivity index (χ1) is 13.4. The van der Waals surface area contributed by atoms with Crippen molar-refractivity contribution in [2.24, 2.45) is 0 Å². The lowest BCUT2D eigenvalue weighted by molar-refractivity contribution is -0.157. The Morgan fingerprint density at radius 2 is 1.75 bits per heavy atom. The predicted molar refractivity (Wildman–Crippen MR) is 108 cm³/mol. The molecule has 5 nitrogen and oxygen atoms in total.